The monoisotopic (exact) mass is 357 g/mol. The molecule has 1 unspecified atom stereocenters. The maximum Gasteiger partial charge on any atom is 0.195 e. The summed E-state index contributed by atoms with van der Waals surface area (Å²) >= 11 is 1.86. The van der Waals surface area contributed by atoms with E-state index >= 15 is 0 Å². The summed E-state index contributed by atoms with van der Waals surface area (Å²) in [6, 6.07) is 10.6. The third-order valence-corrected chi connectivity index (χ3v) is 6.42. The summed E-state index contributed by atoms with van der Waals surface area (Å²) in [4.78, 5) is 0. The first-order valence-electron chi connectivity index (χ1n) is 9.44. The molecule has 5 nitrogen and oxygen atoms in total. The van der Waals surface area contributed by atoms with Gasteiger partial charge in [0.15, 0.2) is 5.16 Å². The van der Waals surface area contributed by atoms with Crippen LogP contribution in [-0.2, 0) is 6.42 Å². The summed E-state index contributed by atoms with van der Waals surface area (Å²) in [5.41, 5.74) is 1.18. The van der Waals surface area contributed by atoms with E-state index in [0.29, 0.717) is 5.92 Å². The normalized spacial score (nSPS) is 21.7. The zero-order chi connectivity index (χ0) is 16.9. The van der Waals surface area contributed by atoms with Crippen LogP contribution in [0.2, 0.25) is 0 Å². The maximum atomic E-state index is 4.59. The lowest BCUT2D eigenvalue weighted by atomic mass is 9.94. The van der Waals surface area contributed by atoms with Crippen LogP contribution in [0.15, 0.2) is 35.5 Å². The second kappa shape index (κ2) is 8.34. The van der Waals surface area contributed by atoms with Crippen LogP contribution in [0.5, 0.6) is 0 Å². The van der Waals surface area contributed by atoms with E-state index in [1.54, 1.807) is 0 Å². The number of aromatic nitrogens is 3. The van der Waals surface area contributed by atoms with Gasteiger partial charge in [0.05, 0.1) is 0 Å². The molecule has 1 aromatic carbocycles. The molecule has 134 valence electrons. The molecule has 2 aliphatic rings. The molecule has 4 rings (SSSR count). The highest BCUT2D eigenvalue weighted by atomic mass is 32.2. The predicted molar refractivity (Wildman–Crippen MR) is 102 cm³/mol. The standard InChI is InChI=1S/C19H27N5S/c1-2-4-17(5-3-1)24-18(12-15-6-9-20-10-7-15)22-23-19(24)25-14-16-8-11-21-13-16/h1-5,15-16,20-21H,6-14H2. The van der Waals surface area contributed by atoms with Crippen molar-refractivity contribution in [3.63, 3.8) is 0 Å². The molecule has 0 spiro atoms. The molecule has 2 saturated heterocycles. The number of benzene rings is 1. The van der Waals surface area contributed by atoms with E-state index in [1.165, 1.54) is 24.9 Å². The molecule has 2 aliphatic heterocycles. The van der Waals surface area contributed by atoms with E-state index < -0.39 is 0 Å². The highest BCUT2D eigenvalue weighted by molar-refractivity contribution is 7.99. The van der Waals surface area contributed by atoms with Gasteiger partial charge in [0.1, 0.15) is 5.82 Å². The first-order chi connectivity index (χ1) is 12.4. The molecule has 0 aliphatic carbocycles. The molecule has 0 radical (unpaired) electrons. The minimum Gasteiger partial charge on any atom is -0.317 e. The Morgan fingerprint density at radius 3 is 2.48 bits per heavy atom. The van der Waals surface area contributed by atoms with Crippen molar-refractivity contribution in [2.45, 2.75) is 30.8 Å². The van der Waals surface area contributed by atoms with Crippen molar-refractivity contribution in [2.75, 3.05) is 31.9 Å². The molecule has 6 heteroatoms. The lowest BCUT2D eigenvalue weighted by Crippen LogP contribution is -2.29. The molecule has 3 heterocycles. The number of para-hydroxylation sites is 1. The van der Waals surface area contributed by atoms with Crippen LogP contribution in [0.1, 0.15) is 25.1 Å². The molecule has 0 bridgehead atoms. The molecule has 2 fully saturated rings. The molecular formula is C19H27N5S. The molecule has 0 amide bonds. The van der Waals surface area contributed by atoms with Gasteiger partial charge in [-0.3, -0.25) is 4.57 Å². The van der Waals surface area contributed by atoms with E-state index in [9.17, 15) is 0 Å². The Bertz CT molecular complexity index is 660. The first-order valence-corrected chi connectivity index (χ1v) is 10.4. The van der Waals surface area contributed by atoms with Crippen LogP contribution in [0, 0.1) is 11.8 Å². The van der Waals surface area contributed by atoms with Gasteiger partial charge in [0, 0.05) is 17.9 Å². The van der Waals surface area contributed by atoms with Crippen molar-refractivity contribution >= 4 is 11.8 Å². The Labute approximate surface area is 154 Å². The fourth-order valence-corrected chi connectivity index (χ4v) is 4.86. The van der Waals surface area contributed by atoms with Gasteiger partial charge in [-0.15, -0.1) is 10.2 Å². The smallest absolute Gasteiger partial charge is 0.195 e. The number of rotatable bonds is 6. The molecule has 0 saturated carbocycles. The minimum absolute atomic E-state index is 0.713. The van der Waals surface area contributed by atoms with Gasteiger partial charge in [-0.1, -0.05) is 30.0 Å². The van der Waals surface area contributed by atoms with Crippen molar-refractivity contribution in [3.05, 3.63) is 36.2 Å². The fraction of sp³-hybridized carbons (Fsp3) is 0.579. The van der Waals surface area contributed by atoms with Gasteiger partial charge < -0.3 is 10.6 Å². The van der Waals surface area contributed by atoms with Crippen LogP contribution in [-0.4, -0.2) is 46.7 Å². The highest BCUT2D eigenvalue weighted by Crippen LogP contribution is 2.27. The minimum atomic E-state index is 0.713. The fourth-order valence-electron chi connectivity index (χ4n) is 3.76. The van der Waals surface area contributed by atoms with Gasteiger partial charge in [-0.25, -0.2) is 0 Å². The van der Waals surface area contributed by atoms with Gasteiger partial charge in [0.25, 0.3) is 0 Å². The van der Waals surface area contributed by atoms with E-state index in [4.69, 9.17) is 0 Å². The average Bonchev–Trinajstić information content (AvgIpc) is 3.31. The lowest BCUT2D eigenvalue weighted by Gasteiger charge is -2.22. The van der Waals surface area contributed by atoms with Crippen LogP contribution >= 0.6 is 11.8 Å². The molecule has 2 aromatic rings. The van der Waals surface area contributed by atoms with Crippen molar-refractivity contribution in [3.8, 4) is 5.69 Å². The second-order valence-corrected chi connectivity index (χ2v) is 8.12. The number of piperidine rings is 1. The van der Waals surface area contributed by atoms with Crippen LogP contribution in [0.25, 0.3) is 5.69 Å². The Kier molecular flexibility index (Phi) is 5.69. The molecule has 25 heavy (non-hydrogen) atoms. The van der Waals surface area contributed by atoms with Crippen LogP contribution < -0.4 is 10.6 Å². The van der Waals surface area contributed by atoms with E-state index in [1.807, 2.05) is 11.8 Å². The largest absolute Gasteiger partial charge is 0.317 e. The topological polar surface area (TPSA) is 54.8 Å². The Morgan fingerprint density at radius 2 is 1.72 bits per heavy atom. The summed E-state index contributed by atoms with van der Waals surface area (Å²) < 4.78 is 2.29. The van der Waals surface area contributed by atoms with E-state index in [-0.39, 0.29) is 0 Å². The molecule has 1 aromatic heterocycles. The quantitative estimate of drug-likeness (QED) is 0.778. The summed E-state index contributed by atoms with van der Waals surface area (Å²) in [7, 11) is 0. The first kappa shape index (κ1) is 17.1. The zero-order valence-electron chi connectivity index (χ0n) is 14.7. The third-order valence-electron chi connectivity index (χ3n) is 5.26. The van der Waals surface area contributed by atoms with Crippen LogP contribution in [0.4, 0.5) is 0 Å². The second-order valence-electron chi connectivity index (χ2n) is 7.14. The highest BCUT2D eigenvalue weighted by Gasteiger charge is 2.22. The van der Waals surface area contributed by atoms with Gasteiger partial charge in [0.2, 0.25) is 0 Å². The maximum absolute atomic E-state index is 4.59. The summed E-state index contributed by atoms with van der Waals surface area (Å²) in [6.45, 7) is 4.53. The van der Waals surface area contributed by atoms with Gasteiger partial charge in [-0.2, -0.15) is 0 Å². The van der Waals surface area contributed by atoms with E-state index in [0.717, 1.165) is 55.3 Å². The van der Waals surface area contributed by atoms with Crippen LogP contribution in [0.3, 0.4) is 0 Å². The predicted octanol–water partition coefficient (Wildman–Crippen LogP) is 2.51. The van der Waals surface area contributed by atoms with E-state index in [2.05, 4.69) is 55.7 Å². The summed E-state index contributed by atoms with van der Waals surface area (Å²) in [6.07, 6.45) is 4.76. The summed E-state index contributed by atoms with van der Waals surface area (Å²) in [5.74, 6) is 3.69. The van der Waals surface area contributed by atoms with Gasteiger partial charge in [-0.05, 0) is 69.4 Å². The average molecular weight is 358 g/mol. The molecular weight excluding hydrogens is 330 g/mol. The number of thioether (sulfide) groups is 1. The van der Waals surface area contributed by atoms with Gasteiger partial charge >= 0.3 is 0 Å². The van der Waals surface area contributed by atoms with Crippen molar-refractivity contribution < 1.29 is 0 Å². The zero-order valence-corrected chi connectivity index (χ0v) is 15.5. The van der Waals surface area contributed by atoms with Crippen molar-refractivity contribution in [1.29, 1.82) is 0 Å². The lowest BCUT2D eigenvalue weighted by molar-refractivity contribution is 0.365. The number of nitrogens with one attached hydrogen (secondary N) is 2. The molecule has 1 atom stereocenters. The number of hydrogen-bond acceptors (Lipinski definition) is 5. The summed E-state index contributed by atoms with van der Waals surface area (Å²) in [5, 5.41) is 17.1. The Balaban J connectivity index is 1.55. The van der Waals surface area contributed by atoms with Crippen molar-refractivity contribution in [1.82, 2.24) is 25.4 Å². The Morgan fingerprint density at radius 1 is 0.960 bits per heavy atom. The number of nitrogens with zero attached hydrogens (tertiary/aromatic N) is 3. The Hall–Kier alpha value is -1.37. The third kappa shape index (κ3) is 4.25. The molecule has 2 N–H and O–H groups in total. The SMILES string of the molecule is c1ccc(-n2c(CC3CCNCC3)nnc2SCC2CCNC2)cc1. The van der Waals surface area contributed by atoms with Crippen molar-refractivity contribution in [2.24, 2.45) is 11.8 Å². The number of hydrogen-bond donors (Lipinski definition) is 2.